The Morgan fingerprint density at radius 2 is 1.90 bits per heavy atom. The third-order valence-electron chi connectivity index (χ3n) is 6.12. The number of hydrogen-bond acceptors (Lipinski definition) is 8. The first-order chi connectivity index (χ1) is 15.1. The lowest BCUT2D eigenvalue weighted by Crippen LogP contribution is -2.46. The fourth-order valence-corrected chi connectivity index (χ4v) is 5.54. The molecule has 1 aromatic carbocycles. The van der Waals surface area contributed by atoms with E-state index in [1.807, 2.05) is 25.1 Å². The van der Waals surface area contributed by atoms with E-state index in [4.69, 9.17) is 14.7 Å². The van der Waals surface area contributed by atoms with Gasteiger partial charge in [0.05, 0.1) is 24.4 Å². The van der Waals surface area contributed by atoms with Gasteiger partial charge in [-0.15, -0.1) is 0 Å². The monoisotopic (exact) mass is 502 g/mol. The zero-order valence-electron chi connectivity index (χ0n) is 17.6. The number of morpholine rings is 1. The lowest BCUT2D eigenvalue weighted by molar-refractivity contribution is 0.00791. The maximum atomic E-state index is 5.52. The van der Waals surface area contributed by atoms with Gasteiger partial charge < -0.3 is 15.4 Å². The molecule has 1 saturated carbocycles. The molecule has 2 aliphatic rings. The second-order valence-electron chi connectivity index (χ2n) is 8.31. The van der Waals surface area contributed by atoms with E-state index < -0.39 is 0 Å². The van der Waals surface area contributed by atoms with Crippen LogP contribution in [-0.4, -0.2) is 57.6 Å². The summed E-state index contributed by atoms with van der Waals surface area (Å²) >= 11 is 5.02. The highest BCUT2D eigenvalue weighted by Crippen LogP contribution is 2.31. The maximum Gasteiger partial charge on any atom is 0.230 e. The Bertz CT molecular complexity index is 1050. The smallest absolute Gasteiger partial charge is 0.230 e. The van der Waals surface area contributed by atoms with E-state index in [-0.39, 0.29) is 0 Å². The Balaban J connectivity index is 1.33. The van der Waals surface area contributed by atoms with Gasteiger partial charge in [0, 0.05) is 35.0 Å². The number of halogens is 1. The van der Waals surface area contributed by atoms with E-state index in [9.17, 15) is 0 Å². The number of benzene rings is 1. The summed E-state index contributed by atoms with van der Waals surface area (Å²) in [6.07, 6.45) is 4.74. The standard InChI is InChI=1S/C22H27BrN6OS/c1-14-12-20(31-28-14)26-22-25-19-7-2-15(23)13-18(19)21(27-22)24-16-3-5-17(6-4-16)29-8-10-30-11-9-29/h2,7,12-13,16-17H,3-6,8-11H2,1H3,(H2,24,25,26,27). The molecule has 164 valence electrons. The summed E-state index contributed by atoms with van der Waals surface area (Å²) in [6.45, 7) is 5.86. The molecular weight excluding hydrogens is 476 g/mol. The van der Waals surface area contributed by atoms with Crippen LogP contribution in [-0.2, 0) is 4.74 Å². The summed E-state index contributed by atoms with van der Waals surface area (Å²) in [5.41, 5.74) is 1.92. The number of anilines is 3. The van der Waals surface area contributed by atoms with Gasteiger partial charge in [-0.05, 0) is 68.4 Å². The first kappa shape index (κ1) is 21.1. The van der Waals surface area contributed by atoms with Crippen LogP contribution in [0, 0.1) is 6.92 Å². The molecule has 1 aliphatic heterocycles. The van der Waals surface area contributed by atoms with Crippen molar-refractivity contribution in [3.05, 3.63) is 34.4 Å². The molecule has 31 heavy (non-hydrogen) atoms. The van der Waals surface area contributed by atoms with E-state index in [0.29, 0.717) is 18.0 Å². The number of nitrogens with zero attached hydrogens (tertiary/aromatic N) is 4. The zero-order chi connectivity index (χ0) is 21.2. The Hall–Kier alpha value is -1.81. The molecule has 1 saturated heterocycles. The molecule has 1 aliphatic carbocycles. The summed E-state index contributed by atoms with van der Waals surface area (Å²) in [5.74, 6) is 1.49. The van der Waals surface area contributed by atoms with Crippen LogP contribution in [0.3, 0.4) is 0 Å². The van der Waals surface area contributed by atoms with Crippen molar-refractivity contribution in [1.82, 2.24) is 19.2 Å². The molecule has 0 spiro atoms. The normalized spacial score (nSPS) is 22.5. The van der Waals surface area contributed by atoms with Gasteiger partial charge in [-0.1, -0.05) is 15.9 Å². The number of fused-ring (bicyclic) bond motifs is 1. The van der Waals surface area contributed by atoms with Gasteiger partial charge in [-0.2, -0.15) is 9.36 Å². The van der Waals surface area contributed by atoms with E-state index in [2.05, 4.69) is 41.9 Å². The highest BCUT2D eigenvalue weighted by Gasteiger charge is 2.27. The molecule has 2 N–H and O–H groups in total. The molecule has 0 amide bonds. The Morgan fingerprint density at radius 1 is 1.10 bits per heavy atom. The van der Waals surface area contributed by atoms with Crippen LogP contribution in [0.25, 0.3) is 10.9 Å². The molecular formula is C22H27BrN6OS. The van der Waals surface area contributed by atoms with Crippen LogP contribution in [0.1, 0.15) is 31.4 Å². The summed E-state index contributed by atoms with van der Waals surface area (Å²) < 4.78 is 10.9. The molecule has 3 heterocycles. The molecule has 0 bridgehead atoms. The van der Waals surface area contributed by atoms with Crippen molar-refractivity contribution in [3.63, 3.8) is 0 Å². The van der Waals surface area contributed by atoms with Crippen molar-refractivity contribution in [3.8, 4) is 0 Å². The Labute approximate surface area is 194 Å². The number of aryl methyl sites for hydroxylation is 1. The van der Waals surface area contributed by atoms with Crippen molar-refractivity contribution in [1.29, 1.82) is 0 Å². The van der Waals surface area contributed by atoms with Crippen LogP contribution in [0.4, 0.5) is 16.8 Å². The van der Waals surface area contributed by atoms with Gasteiger partial charge in [0.1, 0.15) is 10.8 Å². The summed E-state index contributed by atoms with van der Waals surface area (Å²) in [7, 11) is 0. The zero-order valence-corrected chi connectivity index (χ0v) is 20.0. The average molecular weight is 503 g/mol. The second kappa shape index (κ2) is 9.36. The lowest BCUT2D eigenvalue weighted by atomic mass is 9.90. The highest BCUT2D eigenvalue weighted by atomic mass is 79.9. The molecule has 0 atom stereocenters. The van der Waals surface area contributed by atoms with E-state index in [1.165, 1.54) is 24.4 Å². The van der Waals surface area contributed by atoms with Gasteiger partial charge in [0.2, 0.25) is 5.95 Å². The fourth-order valence-electron chi connectivity index (χ4n) is 4.52. The van der Waals surface area contributed by atoms with E-state index in [1.54, 1.807) is 0 Å². The van der Waals surface area contributed by atoms with Crippen molar-refractivity contribution >= 4 is 55.1 Å². The first-order valence-electron chi connectivity index (χ1n) is 10.9. The SMILES string of the molecule is Cc1cc(Nc2nc(NC3CCC(N4CCOCC4)CC3)c3cc(Br)ccc3n2)sn1. The van der Waals surface area contributed by atoms with Gasteiger partial charge in [0.25, 0.3) is 0 Å². The third-order valence-corrected chi connectivity index (χ3v) is 7.41. The third kappa shape index (κ3) is 5.00. The minimum absolute atomic E-state index is 0.424. The maximum absolute atomic E-state index is 5.52. The molecule has 2 fully saturated rings. The van der Waals surface area contributed by atoms with Gasteiger partial charge in [0.15, 0.2) is 0 Å². The van der Waals surface area contributed by atoms with Crippen molar-refractivity contribution in [2.45, 2.75) is 44.7 Å². The molecule has 5 rings (SSSR count). The second-order valence-corrected chi connectivity index (χ2v) is 10.0. The number of hydrogen-bond donors (Lipinski definition) is 2. The van der Waals surface area contributed by atoms with E-state index in [0.717, 1.165) is 71.0 Å². The van der Waals surface area contributed by atoms with Crippen molar-refractivity contribution in [2.75, 3.05) is 36.9 Å². The lowest BCUT2D eigenvalue weighted by Gasteiger charge is -2.39. The fraction of sp³-hybridized carbons (Fsp3) is 0.500. The summed E-state index contributed by atoms with van der Waals surface area (Å²) in [5, 5.41) is 9.05. The molecule has 9 heteroatoms. The number of rotatable bonds is 5. The van der Waals surface area contributed by atoms with Crippen LogP contribution < -0.4 is 10.6 Å². The largest absolute Gasteiger partial charge is 0.379 e. The molecule has 0 radical (unpaired) electrons. The summed E-state index contributed by atoms with van der Waals surface area (Å²) in [4.78, 5) is 12.2. The quantitative estimate of drug-likeness (QED) is 0.510. The number of aromatic nitrogens is 3. The minimum Gasteiger partial charge on any atom is -0.379 e. The average Bonchev–Trinajstić information content (AvgIpc) is 3.20. The summed E-state index contributed by atoms with van der Waals surface area (Å²) in [6, 6.07) is 9.27. The van der Waals surface area contributed by atoms with Crippen LogP contribution in [0.5, 0.6) is 0 Å². The molecule has 7 nitrogen and oxygen atoms in total. The Morgan fingerprint density at radius 3 is 2.65 bits per heavy atom. The minimum atomic E-state index is 0.424. The molecule has 2 aromatic heterocycles. The van der Waals surface area contributed by atoms with Crippen molar-refractivity contribution in [2.24, 2.45) is 0 Å². The molecule has 0 unspecified atom stereocenters. The first-order valence-corrected chi connectivity index (χ1v) is 12.5. The van der Waals surface area contributed by atoms with Gasteiger partial charge in [-0.3, -0.25) is 4.90 Å². The topological polar surface area (TPSA) is 75.2 Å². The molecule has 3 aromatic rings. The van der Waals surface area contributed by atoms with Crippen LogP contribution in [0.15, 0.2) is 28.7 Å². The van der Waals surface area contributed by atoms with Gasteiger partial charge in [-0.25, -0.2) is 4.98 Å². The van der Waals surface area contributed by atoms with Crippen molar-refractivity contribution < 1.29 is 4.74 Å². The highest BCUT2D eigenvalue weighted by molar-refractivity contribution is 9.10. The van der Waals surface area contributed by atoms with E-state index >= 15 is 0 Å². The van der Waals surface area contributed by atoms with Crippen LogP contribution in [0.2, 0.25) is 0 Å². The number of nitrogens with one attached hydrogen (secondary N) is 2. The van der Waals surface area contributed by atoms with Gasteiger partial charge >= 0.3 is 0 Å². The predicted octanol–water partition coefficient (Wildman–Crippen LogP) is 4.96. The number of ether oxygens (including phenoxy) is 1. The van der Waals surface area contributed by atoms with Crippen LogP contribution >= 0.6 is 27.5 Å². The predicted molar refractivity (Wildman–Crippen MR) is 129 cm³/mol. The Kier molecular flexibility index (Phi) is 6.36.